The van der Waals surface area contributed by atoms with Gasteiger partial charge in [-0.2, -0.15) is 0 Å². The smallest absolute Gasteiger partial charge is 0.141 e. The highest BCUT2D eigenvalue weighted by molar-refractivity contribution is 5.82. The summed E-state index contributed by atoms with van der Waals surface area (Å²) in [5.74, 6) is 2.10. The molecule has 1 aliphatic heterocycles. The highest BCUT2D eigenvalue weighted by Gasteiger charge is 2.25. The van der Waals surface area contributed by atoms with E-state index in [-0.39, 0.29) is 0 Å². The van der Waals surface area contributed by atoms with E-state index >= 15 is 0 Å². The van der Waals surface area contributed by atoms with Crippen LogP contribution >= 0.6 is 0 Å². The monoisotopic (exact) mass is 526 g/mol. The minimum absolute atomic E-state index is 0.753. The van der Waals surface area contributed by atoms with Gasteiger partial charge < -0.3 is 10.6 Å². The standard InChI is InChI=1S/C34H34N6/c1-35-20-29-27-7-3-5-9-31(27)39(33(29)36-2)25-15-11-23(12-16-25)19-24-13-17-26(18-14-24)40-32-10-6-4-8-28(32)30-21-37-22-38-34(30)40/h5-6,9-18,22,35H,2-4,7-8,19-21H2,1H3,(H,37,38). The Kier molecular flexibility index (Phi) is 6.33. The second kappa shape index (κ2) is 10.3. The normalized spacial score (nSPS) is 14.9. The van der Waals surface area contributed by atoms with Crippen molar-refractivity contribution in [3.63, 3.8) is 0 Å². The fourth-order valence-electron chi connectivity index (χ4n) is 6.50. The number of benzene rings is 2. The third-order valence-electron chi connectivity index (χ3n) is 8.34. The molecule has 0 saturated carbocycles. The number of rotatable bonds is 7. The van der Waals surface area contributed by atoms with Crippen molar-refractivity contribution in [2.24, 2.45) is 9.98 Å². The topological polar surface area (TPSA) is 58.6 Å². The second-order valence-electron chi connectivity index (χ2n) is 10.7. The third kappa shape index (κ3) is 4.07. The largest absolute Gasteiger partial charge is 0.332 e. The first kappa shape index (κ1) is 24.6. The van der Waals surface area contributed by atoms with E-state index < -0.39 is 0 Å². The highest BCUT2D eigenvalue weighted by atomic mass is 15.2. The number of aromatic nitrogens is 2. The van der Waals surface area contributed by atoms with Crippen LogP contribution in [0.25, 0.3) is 23.5 Å². The Labute approximate surface area is 235 Å². The molecule has 6 heteroatoms. The average molecular weight is 527 g/mol. The van der Waals surface area contributed by atoms with E-state index in [2.05, 4.69) is 109 Å². The number of fused-ring (bicyclic) bond motifs is 4. The first-order valence-corrected chi connectivity index (χ1v) is 14.2. The zero-order chi connectivity index (χ0) is 27.1. The molecule has 0 fully saturated rings. The van der Waals surface area contributed by atoms with Gasteiger partial charge in [-0.25, -0.2) is 4.99 Å². The Morgan fingerprint density at radius 3 is 2.12 bits per heavy atom. The Morgan fingerprint density at radius 1 is 0.850 bits per heavy atom. The Bertz CT molecular complexity index is 1680. The predicted octanol–water partition coefficient (Wildman–Crippen LogP) is 6.78. The molecule has 2 N–H and O–H groups in total. The number of nitrogens with zero attached hydrogens (tertiary/aromatic N) is 4. The first-order valence-electron chi connectivity index (χ1n) is 14.2. The van der Waals surface area contributed by atoms with Crippen molar-refractivity contribution < 1.29 is 0 Å². The zero-order valence-corrected chi connectivity index (χ0v) is 23.0. The molecule has 3 aliphatic rings. The van der Waals surface area contributed by atoms with Crippen LogP contribution in [-0.4, -0.2) is 29.2 Å². The van der Waals surface area contributed by atoms with Crippen LogP contribution in [0.2, 0.25) is 0 Å². The van der Waals surface area contributed by atoms with Crippen molar-refractivity contribution in [2.45, 2.75) is 45.2 Å². The van der Waals surface area contributed by atoms with Crippen molar-refractivity contribution in [1.29, 1.82) is 0 Å². The molecule has 2 aromatic carbocycles. The predicted molar refractivity (Wildman–Crippen MR) is 167 cm³/mol. The molecule has 40 heavy (non-hydrogen) atoms. The van der Waals surface area contributed by atoms with Crippen LogP contribution < -0.4 is 10.6 Å². The molecule has 200 valence electrons. The summed E-state index contributed by atoms with van der Waals surface area (Å²) >= 11 is 0. The second-order valence-corrected chi connectivity index (χ2v) is 10.7. The lowest BCUT2D eigenvalue weighted by Crippen LogP contribution is -2.09. The molecular weight excluding hydrogens is 492 g/mol. The van der Waals surface area contributed by atoms with Crippen LogP contribution in [0.15, 0.2) is 70.7 Å². The van der Waals surface area contributed by atoms with Crippen molar-refractivity contribution in [3.05, 3.63) is 105 Å². The maximum atomic E-state index is 4.47. The summed E-state index contributed by atoms with van der Waals surface area (Å²) in [6.07, 6.45) is 16.0. The van der Waals surface area contributed by atoms with Crippen LogP contribution in [0.5, 0.6) is 0 Å². The van der Waals surface area contributed by atoms with E-state index in [0.29, 0.717) is 0 Å². The van der Waals surface area contributed by atoms with Crippen molar-refractivity contribution >= 4 is 36.8 Å². The number of nitrogens with one attached hydrogen (secondary N) is 2. The maximum Gasteiger partial charge on any atom is 0.141 e. The molecule has 0 bridgehead atoms. The number of hydrogen-bond donors (Lipinski definition) is 2. The van der Waals surface area contributed by atoms with Gasteiger partial charge in [0.2, 0.25) is 0 Å². The summed E-state index contributed by atoms with van der Waals surface area (Å²) in [5.41, 5.74) is 12.8. The third-order valence-corrected chi connectivity index (χ3v) is 8.34. The Balaban J connectivity index is 1.16. The Morgan fingerprint density at radius 2 is 1.48 bits per heavy atom. The van der Waals surface area contributed by atoms with E-state index in [1.165, 1.54) is 50.5 Å². The van der Waals surface area contributed by atoms with Crippen LogP contribution in [0.1, 0.15) is 57.6 Å². The van der Waals surface area contributed by atoms with E-state index in [9.17, 15) is 0 Å². The average Bonchev–Trinajstić information content (AvgIpc) is 3.51. The fourth-order valence-corrected chi connectivity index (χ4v) is 6.50. The fraction of sp³-hybridized carbons (Fsp3) is 0.235. The van der Waals surface area contributed by atoms with Gasteiger partial charge in [-0.3, -0.25) is 14.1 Å². The molecule has 0 amide bonds. The van der Waals surface area contributed by atoms with E-state index in [1.807, 2.05) is 13.4 Å². The number of aliphatic imine (C=N–C) groups is 2. The van der Waals surface area contributed by atoms with Gasteiger partial charge in [0, 0.05) is 29.0 Å². The lowest BCUT2D eigenvalue weighted by molar-refractivity contribution is 0.803. The molecule has 3 heterocycles. The van der Waals surface area contributed by atoms with Gasteiger partial charge in [-0.1, -0.05) is 36.4 Å². The summed E-state index contributed by atoms with van der Waals surface area (Å²) in [5, 5.41) is 6.73. The summed E-state index contributed by atoms with van der Waals surface area (Å²) in [7, 11) is 1.99. The van der Waals surface area contributed by atoms with Gasteiger partial charge in [0.1, 0.15) is 11.6 Å². The van der Waals surface area contributed by atoms with E-state index in [1.54, 1.807) is 0 Å². The zero-order valence-electron chi connectivity index (χ0n) is 23.0. The summed E-state index contributed by atoms with van der Waals surface area (Å²) < 4.78 is 4.61. The molecule has 2 aromatic heterocycles. The molecule has 0 radical (unpaired) electrons. The van der Waals surface area contributed by atoms with Crippen LogP contribution in [-0.2, 0) is 32.4 Å². The number of allylic oxidation sites excluding steroid dienone is 2. The minimum atomic E-state index is 0.753. The van der Waals surface area contributed by atoms with Crippen molar-refractivity contribution in [3.8, 4) is 11.4 Å². The summed E-state index contributed by atoms with van der Waals surface area (Å²) in [6, 6.07) is 17.9. The van der Waals surface area contributed by atoms with Gasteiger partial charge in [0.15, 0.2) is 0 Å². The van der Waals surface area contributed by atoms with Gasteiger partial charge in [0.25, 0.3) is 0 Å². The summed E-state index contributed by atoms with van der Waals surface area (Å²) in [4.78, 5) is 8.94. The van der Waals surface area contributed by atoms with E-state index in [0.717, 1.165) is 62.5 Å². The molecular formula is C34H34N6. The lowest BCUT2D eigenvalue weighted by Gasteiger charge is -2.15. The van der Waals surface area contributed by atoms with Crippen LogP contribution in [0.3, 0.4) is 0 Å². The van der Waals surface area contributed by atoms with Gasteiger partial charge in [-0.15, -0.1) is 0 Å². The molecule has 0 spiro atoms. The molecule has 2 aliphatic carbocycles. The number of anilines is 1. The lowest BCUT2D eigenvalue weighted by atomic mass is 10.00. The molecule has 0 saturated heterocycles. The molecule has 0 atom stereocenters. The van der Waals surface area contributed by atoms with Crippen LogP contribution in [0.4, 0.5) is 11.6 Å². The van der Waals surface area contributed by atoms with Gasteiger partial charge in [-0.05, 0) is 105 Å². The number of hydrogen-bond acceptors (Lipinski definition) is 4. The molecule has 7 rings (SSSR count). The first-order chi connectivity index (χ1) is 19.8. The van der Waals surface area contributed by atoms with Gasteiger partial charge in [0.05, 0.1) is 24.3 Å². The van der Waals surface area contributed by atoms with Crippen molar-refractivity contribution in [1.82, 2.24) is 14.5 Å². The quantitative estimate of drug-likeness (QED) is 0.261. The molecule has 6 nitrogen and oxygen atoms in total. The maximum absolute atomic E-state index is 4.47. The van der Waals surface area contributed by atoms with E-state index in [4.69, 9.17) is 0 Å². The molecule has 0 unspecified atom stereocenters. The van der Waals surface area contributed by atoms with Gasteiger partial charge >= 0.3 is 0 Å². The minimum Gasteiger partial charge on any atom is -0.332 e. The van der Waals surface area contributed by atoms with Crippen LogP contribution in [0, 0.1) is 0 Å². The Hall–Kier alpha value is -4.42. The summed E-state index contributed by atoms with van der Waals surface area (Å²) in [6.45, 7) is 5.46. The van der Waals surface area contributed by atoms with Crippen molar-refractivity contribution in [2.75, 3.05) is 12.4 Å². The highest BCUT2D eigenvalue weighted by Crippen LogP contribution is 2.38. The SMILES string of the molecule is C=Nc1c(CNC)c2c(n1-c1ccc(Cc3ccc(-n4c5c(c6c4NC=NC6)CCC=C5)cc3)cc1)C=CCC2. The molecule has 4 aromatic rings.